The Bertz CT molecular complexity index is 763. The Balaban J connectivity index is 1.84. The first-order chi connectivity index (χ1) is 11.1. The van der Waals surface area contributed by atoms with Gasteiger partial charge in [-0.1, -0.05) is 42.5 Å². The van der Waals surface area contributed by atoms with Gasteiger partial charge < -0.3 is 4.79 Å². The van der Waals surface area contributed by atoms with Crippen molar-refractivity contribution < 1.29 is 19.2 Å². The summed E-state index contributed by atoms with van der Waals surface area (Å²) in [5.74, 6) is -2.42. The molecule has 0 saturated carbocycles. The summed E-state index contributed by atoms with van der Waals surface area (Å²) in [4.78, 5) is 49.2. The van der Waals surface area contributed by atoms with Gasteiger partial charge in [0.15, 0.2) is 5.78 Å². The van der Waals surface area contributed by atoms with Crippen LogP contribution >= 0.6 is 0 Å². The molecule has 23 heavy (non-hydrogen) atoms. The number of aldehydes is 1. The Labute approximate surface area is 132 Å². The maximum Gasteiger partial charge on any atom is 0.261 e. The van der Waals surface area contributed by atoms with E-state index in [1.165, 1.54) is 0 Å². The van der Waals surface area contributed by atoms with Crippen LogP contribution in [-0.4, -0.2) is 35.3 Å². The van der Waals surface area contributed by atoms with Crippen molar-refractivity contribution in [3.63, 3.8) is 0 Å². The number of nitrogens with zero attached hydrogens (tertiary/aromatic N) is 1. The number of carbonyl (C=O) groups excluding carboxylic acids is 4. The van der Waals surface area contributed by atoms with Crippen molar-refractivity contribution >= 4 is 23.9 Å². The molecule has 2 aromatic rings. The van der Waals surface area contributed by atoms with E-state index in [1.54, 1.807) is 54.6 Å². The highest BCUT2D eigenvalue weighted by Gasteiger charge is 2.37. The van der Waals surface area contributed by atoms with Crippen molar-refractivity contribution in [1.29, 1.82) is 0 Å². The van der Waals surface area contributed by atoms with Crippen LogP contribution in [0.1, 0.15) is 31.1 Å². The standard InChI is InChI=1S/C18H13NO4/c20-11-13(16(21)12-6-2-1-3-7-12)10-19-17(22)14-8-4-5-9-15(14)18(19)23/h1-9,11,13H,10H2. The van der Waals surface area contributed by atoms with Crippen LogP contribution in [0.3, 0.4) is 0 Å². The number of ketones is 1. The number of benzene rings is 2. The second kappa shape index (κ2) is 5.96. The zero-order valence-corrected chi connectivity index (χ0v) is 12.1. The van der Waals surface area contributed by atoms with Gasteiger partial charge in [-0.3, -0.25) is 19.3 Å². The first kappa shape index (κ1) is 14.8. The second-order valence-electron chi connectivity index (χ2n) is 5.24. The van der Waals surface area contributed by atoms with E-state index in [9.17, 15) is 19.2 Å². The molecule has 1 unspecified atom stereocenters. The summed E-state index contributed by atoms with van der Waals surface area (Å²) in [5.41, 5.74) is 0.977. The van der Waals surface area contributed by atoms with Crippen LogP contribution in [0.4, 0.5) is 0 Å². The molecule has 0 fully saturated rings. The van der Waals surface area contributed by atoms with Gasteiger partial charge in [0.2, 0.25) is 0 Å². The highest BCUT2D eigenvalue weighted by atomic mass is 16.2. The average Bonchev–Trinajstić information content (AvgIpc) is 2.84. The lowest BCUT2D eigenvalue weighted by molar-refractivity contribution is -0.110. The minimum absolute atomic E-state index is 0.246. The van der Waals surface area contributed by atoms with Crippen LogP contribution < -0.4 is 0 Å². The number of Topliss-reactive ketones (excluding diaryl/α,β-unsaturated/α-hetero) is 1. The van der Waals surface area contributed by atoms with E-state index >= 15 is 0 Å². The molecule has 0 N–H and O–H groups in total. The molecule has 0 radical (unpaired) electrons. The van der Waals surface area contributed by atoms with Gasteiger partial charge >= 0.3 is 0 Å². The van der Waals surface area contributed by atoms with Crippen molar-refractivity contribution in [3.05, 3.63) is 71.3 Å². The summed E-state index contributed by atoms with van der Waals surface area (Å²) in [6.07, 6.45) is 0.485. The molecule has 0 spiro atoms. The molecule has 1 aliphatic heterocycles. The largest absolute Gasteiger partial charge is 0.303 e. The summed E-state index contributed by atoms with van der Waals surface area (Å²) in [6, 6.07) is 14.8. The summed E-state index contributed by atoms with van der Waals surface area (Å²) < 4.78 is 0. The van der Waals surface area contributed by atoms with Crippen LogP contribution in [0.2, 0.25) is 0 Å². The number of fused-ring (bicyclic) bond motifs is 1. The molecule has 3 rings (SSSR count). The molecular weight excluding hydrogens is 294 g/mol. The number of rotatable bonds is 5. The number of imide groups is 1. The lowest BCUT2D eigenvalue weighted by atomic mass is 9.98. The molecule has 1 atom stereocenters. The van der Waals surface area contributed by atoms with Gasteiger partial charge in [0, 0.05) is 12.1 Å². The molecule has 2 amide bonds. The molecule has 0 saturated heterocycles. The van der Waals surface area contributed by atoms with Crippen LogP contribution in [0, 0.1) is 5.92 Å². The van der Waals surface area contributed by atoms with E-state index in [1.807, 2.05) is 0 Å². The molecule has 0 aliphatic carbocycles. The normalized spacial score (nSPS) is 14.5. The summed E-state index contributed by atoms with van der Waals surface area (Å²) >= 11 is 0. The third kappa shape index (κ3) is 2.57. The van der Waals surface area contributed by atoms with Gasteiger partial charge in [-0.2, -0.15) is 0 Å². The average molecular weight is 307 g/mol. The summed E-state index contributed by atoms with van der Waals surface area (Å²) in [5, 5.41) is 0. The van der Waals surface area contributed by atoms with Crippen LogP contribution in [-0.2, 0) is 4.79 Å². The Hall–Kier alpha value is -3.08. The van der Waals surface area contributed by atoms with E-state index in [0.717, 1.165) is 4.90 Å². The fraction of sp³-hybridized carbons (Fsp3) is 0.111. The number of hydrogen-bond donors (Lipinski definition) is 0. The second-order valence-corrected chi connectivity index (χ2v) is 5.24. The molecule has 2 aromatic carbocycles. The minimum atomic E-state index is -1.07. The van der Waals surface area contributed by atoms with Gasteiger partial charge in [0.1, 0.15) is 6.29 Å². The zero-order chi connectivity index (χ0) is 16.4. The van der Waals surface area contributed by atoms with Crippen molar-refractivity contribution in [2.75, 3.05) is 6.54 Å². The number of hydrogen-bond acceptors (Lipinski definition) is 4. The van der Waals surface area contributed by atoms with Crippen LogP contribution in [0.25, 0.3) is 0 Å². The van der Waals surface area contributed by atoms with Gasteiger partial charge in [-0.05, 0) is 12.1 Å². The zero-order valence-electron chi connectivity index (χ0n) is 12.1. The first-order valence-electron chi connectivity index (χ1n) is 7.13. The van der Waals surface area contributed by atoms with Crippen LogP contribution in [0.5, 0.6) is 0 Å². The quantitative estimate of drug-likeness (QED) is 0.366. The lowest BCUT2D eigenvalue weighted by Crippen LogP contribution is -2.38. The third-order valence-corrected chi connectivity index (χ3v) is 3.82. The smallest absolute Gasteiger partial charge is 0.261 e. The summed E-state index contributed by atoms with van der Waals surface area (Å²) in [7, 11) is 0. The van der Waals surface area contributed by atoms with E-state index in [2.05, 4.69) is 0 Å². The Kier molecular flexibility index (Phi) is 3.85. The van der Waals surface area contributed by atoms with E-state index in [0.29, 0.717) is 23.0 Å². The van der Waals surface area contributed by atoms with Gasteiger partial charge in [-0.15, -0.1) is 0 Å². The van der Waals surface area contributed by atoms with Gasteiger partial charge in [0.05, 0.1) is 17.0 Å². The first-order valence-corrected chi connectivity index (χ1v) is 7.13. The Morgan fingerprint density at radius 1 is 0.913 bits per heavy atom. The van der Waals surface area contributed by atoms with Crippen molar-refractivity contribution in [1.82, 2.24) is 4.90 Å². The fourth-order valence-corrected chi connectivity index (χ4v) is 2.61. The summed E-state index contributed by atoms with van der Waals surface area (Å²) in [6.45, 7) is -0.246. The molecular formula is C18H13NO4. The SMILES string of the molecule is O=CC(CN1C(=O)c2ccccc2C1=O)C(=O)c1ccccc1. The molecule has 5 heteroatoms. The third-order valence-electron chi connectivity index (χ3n) is 3.82. The monoisotopic (exact) mass is 307 g/mol. The molecule has 0 bridgehead atoms. The molecule has 114 valence electrons. The lowest BCUT2D eigenvalue weighted by Gasteiger charge is -2.17. The molecule has 5 nitrogen and oxygen atoms in total. The van der Waals surface area contributed by atoms with Gasteiger partial charge in [0.25, 0.3) is 11.8 Å². The highest BCUT2D eigenvalue weighted by molar-refractivity contribution is 6.21. The molecule has 1 aliphatic rings. The van der Waals surface area contributed by atoms with E-state index < -0.39 is 23.5 Å². The maximum atomic E-state index is 12.4. The van der Waals surface area contributed by atoms with Crippen LogP contribution in [0.15, 0.2) is 54.6 Å². The van der Waals surface area contributed by atoms with Crippen molar-refractivity contribution in [2.45, 2.75) is 0 Å². The van der Waals surface area contributed by atoms with Gasteiger partial charge in [-0.25, -0.2) is 0 Å². The minimum Gasteiger partial charge on any atom is -0.303 e. The predicted molar refractivity (Wildman–Crippen MR) is 82.1 cm³/mol. The van der Waals surface area contributed by atoms with Crippen molar-refractivity contribution in [3.8, 4) is 0 Å². The van der Waals surface area contributed by atoms with E-state index in [-0.39, 0.29) is 6.54 Å². The molecule has 0 aromatic heterocycles. The number of carbonyl (C=O) groups is 4. The highest BCUT2D eigenvalue weighted by Crippen LogP contribution is 2.23. The topological polar surface area (TPSA) is 71.5 Å². The maximum absolute atomic E-state index is 12.4. The Morgan fingerprint density at radius 2 is 1.43 bits per heavy atom. The fourth-order valence-electron chi connectivity index (χ4n) is 2.61. The van der Waals surface area contributed by atoms with E-state index in [4.69, 9.17) is 0 Å². The Morgan fingerprint density at radius 3 is 1.96 bits per heavy atom. The number of amides is 2. The molecule has 1 heterocycles. The predicted octanol–water partition coefficient (Wildman–Crippen LogP) is 1.98. The van der Waals surface area contributed by atoms with Crippen molar-refractivity contribution in [2.24, 2.45) is 5.92 Å².